The van der Waals surface area contributed by atoms with Crippen molar-refractivity contribution in [1.29, 1.82) is 0 Å². The van der Waals surface area contributed by atoms with Crippen LogP contribution in [0.3, 0.4) is 0 Å². The first-order valence-electron chi connectivity index (χ1n) is 8.97. The van der Waals surface area contributed by atoms with Crippen molar-refractivity contribution in [1.82, 2.24) is 24.9 Å². The molecule has 0 fully saturated rings. The number of aromatic nitrogens is 4. The first-order chi connectivity index (χ1) is 13.6. The average molecular weight is 395 g/mol. The molecule has 1 amide bonds. The number of pyridine rings is 1. The van der Waals surface area contributed by atoms with Gasteiger partial charge in [-0.05, 0) is 65.0 Å². The maximum absolute atomic E-state index is 12.7. The molecule has 7 nitrogen and oxygen atoms in total. The van der Waals surface area contributed by atoms with E-state index in [1.54, 1.807) is 20.8 Å². The summed E-state index contributed by atoms with van der Waals surface area (Å²) in [5.41, 5.74) is 4.92. The van der Waals surface area contributed by atoms with Crippen LogP contribution in [0.25, 0.3) is 16.6 Å². The average Bonchev–Trinajstić information content (AvgIpc) is 3.35. The fraction of sp³-hybridized carbons (Fsp3) is 0.300. The van der Waals surface area contributed by atoms with Gasteiger partial charge in [0.15, 0.2) is 5.65 Å². The Hall–Kier alpha value is -2.84. The SMILES string of the molecule is COCC(=O)N(Cc1cccs1)Cc1cc2cc(C)c(C)cc2n2nnnc12. The molecule has 0 aliphatic heterocycles. The summed E-state index contributed by atoms with van der Waals surface area (Å²) in [6, 6.07) is 10.3. The number of benzene rings is 1. The summed E-state index contributed by atoms with van der Waals surface area (Å²) in [5.74, 6) is -0.0679. The molecule has 0 radical (unpaired) electrons. The van der Waals surface area contributed by atoms with E-state index in [9.17, 15) is 4.79 Å². The minimum absolute atomic E-state index is 0.0402. The lowest BCUT2D eigenvalue weighted by Gasteiger charge is -2.22. The minimum Gasteiger partial charge on any atom is -0.375 e. The molecule has 144 valence electrons. The number of carbonyl (C=O) groups excluding carboxylic acids is 1. The molecule has 0 aliphatic rings. The summed E-state index contributed by atoms with van der Waals surface area (Å²) in [5, 5.41) is 15.3. The Morgan fingerprint density at radius 1 is 1.21 bits per heavy atom. The minimum atomic E-state index is -0.0679. The van der Waals surface area contributed by atoms with E-state index in [2.05, 4.69) is 47.6 Å². The molecule has 0 saturated carbocycles. The zero-order valence-corrected chi connectivity index (χ0v) is 16.9. The van der Waals surface area contributed by atoms with Crippen molar-refractivity contribution in [2.24, 2.45) is 0 Å². The molecule has 3 heterocycles. The van der Waals surface area contributed by atoms with E-state index >= 15 is 0 Å². The van der Waals surface area contributed by atoms with Gasteiger partial charge in [-0.25, -0.2) is 0 Å². The number of hydrogen-bond acceptors (Lipinski definition) is 6. The number of ether oxygens (including phenoxy) is 1. The van der Waals surface area contributed by atoms with E-state index in [0.717, 1.165) is 21.3 Å². The van der Waals surface area contributed by atoms with E-state index in [1.807, 2.05) is 17.5 Å². The van der Waals surface area contributed by atoms with Crippen molar-refractivity contribution in [2.75, 3.05) is 13.7 Å². The quantitative estimate of drug-likeness (QED) is 0.502. The summed E-state index contributed by atoms with van der Waals surface area (Å²) in [6.45, 7) is 5.14. The molecule has 3 aromatic heterocycles. The van der Waals surface area contributed by atoms with E-state index in [4.69, 9.17) is 4.74 Å². The molecule has 0 saturated heterocycles. The highest BCUT2D eigenvalue weighted by Crippen LogP contribution is 2.24. The van der Waals surface area contributed by atoms with Gasteiger partial charge in [-0.15, -0.1) is 16.4 Å². The van der Waals surface area contributed by atoms with E-state index < -0.39 is 0 Å². The Morgan fingerprint density at radius 2 is 2.04 bits per heavy atom. The molecule has 28 heavy (non-hydrogen) atoms. The smallest absolute Gasteiger partial charge is 0.249 e. The largest absolute Gasteiger partial charge is 0.375 e. The van der Waals surface area contributed by atoms with Crippen molar-refractivity contribution in [3.8, 4) is 0 Å². The number of tetrazole rings is 1. The Balaban J connectivity index is 1.77. The number of thiophene rings is 1. The number of hydrogen-bond donors (Lipinski definition) is 0. The number of fused-ring (bicyclic) bond motifs is 3. The van der Waals surface area contributed by atoms with Crippen LogP contribution >= 0.6 is 11.3 Å². The first kappa shape index (κ1) is 18.5. The van der Waals surface area contributed by atoms with Crippen LogP contribution in [0.1, 0.15) is 21.6 Å². The lowest BCUT2D eigenvalue weighted by Crippen LogP contribution is -2.32. The van der Waals surface area contributed by atoms with Gasteiger partial charge in [0.2, 0.25) is 5.91 Å². The van der Waals surface area contributed by atoms with Crippen molar-refractivity contribution in [2.45, 2.75) is 26.9 Å². The molecular formula is C20H21N5O2S. The highest BCUT2D eigenvalue weighted by molar-refractivity contribution is 7.09. The van der Waals surface area contributed by atoms with Crippen LogP contribution < -0.4 is 0 Å². The third-order valence-corrected chi connectivity index (χ3v) is 5.73. The third kappa shape index (κ3) is 3.48. The highest BCUT2D eigenvalue weighted by atomic mass is 32.1. The molecule has 4 rings (SSSR count). The normalized spacial score (nSPS) is 11.4. The topological polar surface area (TPSA) is 72.6 Å². The second kappa shape index (κ2) is 7.65. The number of methoxy groups -OCH3 is 1. The molecule has 8 heteroatoms. The van der Waals surface area contributed by atoms with Crippen molar-refractivity contribution >= 4 is 33.8 Å². The summed E-state index contributed by atoms with van der Waals surface area (Å²) in [7, 11) is 1.53. The molecule has 0 unspecified atom stereocenters. The van der Waals surface area contributed by atoms with Crippen molar-refractivity contribution < 1.29 is 9.53 Å². The van der Waals surface area contributed by atoms with Crippen LogP contribution in [-0.4, -0.2) is 44.6 Å². The number of aryl methyl sites for hydroxylation is 2. The van der Waals surface area contributed by atoms with E-state index in [1.165, 1.54) is 18.2 Å². The zero-order chi connectivity index (χ0) is 19.7. The predicted molar refractivity (Wildman–Crippen MR) is 108 cm³/mol. The number of rotatable bonds is 6. The van der Waals surface area contributed by atoms with Gasteiger partial charge in [0, 0.05) is 29.5 Å². The predicted octanol–water partition coefficient (Wildman–Crippen LogP) is 3.13. The first-order valence-corrected chi connectivity index (χ1v) is 9.85. The van der Waals surface area contributed by atoms with Gasteiger partial charge < -0.3 is 9.64 Å². The van der Waals surface area contributed by atoms with Gasteiger partial charge in [-0.3, -0.25) is 4.79 Å². The number of nitrogens with zero attached hydrogens (tertiary/aromatic N) is 5. The van der Waals surface area contributed by atoms with Gasteiger partial charge >= 0.3 is 0 Å². The van der Waals surface area contributed by atoms with E-state index in [0.29, 0.717) is 18.7 Å². The van der Waals surface area contributed by atoms with Gasteiger partial charge in [0.25, 0.3) is 0 Å². The van der Waals surface area contributed by atoms with Crippen molar-refractivity contribution in [3.05, 3.63) is 57.3 Å². The van der Waals surface area contributed by atoms with E-state index in [-0.39, 0.29) is 12.5 Å². The Morgan fingerprint density at radius 3 is 2.79 bits per heavy atom. The fourth-order valence-corrected chi connectivity index (χ4v) is 4.00. The van der Waals surface area contributed by atoms with Crippen LogP contribution in [-0.2, 0) is 22.6 Å². The van der Waals surface area contributed by atoms with Gasteiger partial charge in [0.05, 0.1) is 12.1 Å². The second-order valence-electron chi connectivity index (χ2n) is 6.84. The summed E-state index contributed by atoms with van der Waals surface area (Å²) in [6.07, 6.45) is 0. The van der Waals surface area contributed by atoms with Gasteiger partial charge in [0.1, 0.15) is 6.61 Å². The van der Waals surface area contributed by atoms with Gasteiger partial charge in [-0.1, -0.05) is 6.07 Å². The highest BCUT2D eigenvalue weighted by Gasteiger charge is 2.19. The Labute approximate surface area is 166 Å². The van der Waals surface area contributed by atoms with Crippen LogP contribution in [0, 0.1) is 13.8 Å². The summed E-state index contributed by atoms with van der Waals surface area (Å²) < 4.78 is 6.83. The Kier molecular flexibility index (Phi) is 5.06. The fourth-order valence-electron chi connectivity index (χ4n) is 3.28. The molecule has 0 bridgehead atoms. The molecule has 0 atom stereocenters. The zero-order valence-electron chi connectivity index (χ0n) is 16.0. The molecule has 1 aromatic carbocycles. The van der Waals surface area contributed by atoms with Crippen LogP contribution in [0.2, 0.25) is 0 Å². The summed E-state index contributed by atoms with van der Waals surface area (Å²) >= 11 is 1.63. The molecule has 0 spiro atoms. The number of amides is 1. The maximum Gasteiger partial charge on any atom is 0.249 e. The molecule has 4 aromatic rings. The van der Waals surface area contributed by atoms with Crippen molar-refractivity contribution in [3.63, 3.8) is 0 Å². The Bertz CT molecular complexity index is 1140. The maximum atomic E-state index is 12.7. The van der Waals surface area contributed by atoms with Crippen LogP contribution in [0.15, 0.2) is 35.7 Å². The monoisotopic (exact) mass is 395 g/mol. The molecular weight excluding hydrogens is 374 g/mol. The van der Waals surface area contributed by atoms with Gasteiger partial charge in [-0.2, -0.15) is 4.52 Å². The molecule has 0 N–H and O–H groups in total. The third-order valence-electron chi connectivity index (χ3n) is 4.87. The van der Waals surface area contributed by atoms with Crippen LogP contribution in [0.5, 0.6) is 0 Å². The lowest BCUT2D eigenvalue weighted by molar-refractivity contribution is -0.136. The molecule has 0 aliphatic carbocycles. The lowest BCUT2D eigenvalue weighted by atomic mass is 10.0. The number of carbonyl (C=O) groups is 1. The summed E-state index contributed by atoms with van der Waals surface area (Å²) in [4.78, 5) is 15.6. The second-order valence-corrected chi connectivity index (χ2v) is 7.87. The van der Waals surface area contributed by atoms with Crippen LogP contribution in [0.4, 0.5) is 0 Å². The standard InChI is InChI=1S/C20H21N5O2S/c1-13-7-15-9-16(20-21-22-23-25(20)18(15)8-14(13)2)10-24(19(26)12-27-3)11-17-5-4-6-28-17/h4-9H,10-12H2,1-3H3.